The Morgan fingerprint density at radius 3 is 2.87 bits per heavy atom. The minimum atomic E-state index is 0.295. The molecule has 4 nitrogen and oxygen atoms in total. The van der Waals surface area contributed by atoms with Crippen LogP contribution >= 0.6 is 0 Å². The van der Waals surface area contributed by atoms with Crippen LogP contribution in [0.15, 0.2) is 24.3 Å². The van der Waals surface area contributed by atoms with Crippen LogP contribution in [-0.2, 0) is 6.42 Å². The molecule has 78 valence electrons. The number of aromatic amines is 1. The van der Waals surface area contributed by atoms with Crippen molar-refractivity contribution in [3.05, 3.63) is 29.8 Å². The summed E-state index contributed by atoms with van der Waals surface area (Å²) in [7, 11) is 0. The first-order valence-corrected chi connectivity index (χ1v) is 4.84. The summed E-state index contributed by atoms with van der Waals surface area (Å²) in [6, 6.07) is 7.35. The van der Waals surface area contributed by atoms with E-state index in [2.05, 4.69) is 10.2 Å². The third-order valence-electron chi connectivity index (χ3n) is 2.39. The molecule has 0 aliphatic carbocycles. The Morgan fingerprint density at radius 2 is 2.27 bits per heavy atom. The maximum Gasteiger partial charge on any atom is 0.145 e. The molecule has 0 amide bonds. The lowest BCUT2D eigenvalue weighted by Gasteiger charge is -2.05. The highest BCUT2D eigenvalue weighted by molar-refractivity contribution is 5.70. The van der Waals surface area contributed by atoms with E-state index in [9.17, 15) is 5.11 Å². The number of nitrogens with one attached hydrogen (secondary N) is 1. The second kappa shape index (κ2) is 3.65. The summed E-state index contributed by atoms with van der Waals surface area (Å²) in [6.07, 6.45) is 0.795. The molecule has 0 saturated carbocycles. The Bertz CT molecular complexity index is 476. The van der Waals surface area contributed by atoms with E-state index < -0.39 is 0 Å². The van der Waals surface area contributed by atoms with E-state index in [1.807, 2.05) is 25.1 Å². The first-order valence-electron chi connectivity index (χ1n) is 4.84. The Balaban J connectivity index is 2.53. The molecule has 0 spiro atoms. The van der Waals surface area contributed by atoms with Crippen molar-refractivity contribution in [2.24, 2.45) is 0 Å². The zero-order valence-electron chi connectivity index (χ0n) is 8.49. The van der Waals surface area contributed by atoms with E-state index in [1.54, 1.807) is 6.07 Å². The fraction of sp³-hybridized carbons (Fsp3) is 0.182. The van der Waals surface area contributed by atoms with Crippen LogP contribution in [0.2, 0.25) is 0 Å². The molecule has 0 radical (unpaired) electrons. The van der Waals surface area contributed by atoms with Gasteiger partial charge in [-0.15, -0.1) is 0 Å². The summed E-state index contributed by atoms with van der Waals surface area (Å²) in [5, 5.41) is 16.6. The van der Waals surface area contributed by atoms with E-state index in [0.29, 0.717) is 11.6 Å². The number of para-hydroxylation sites is 1. The van der Waals surface area contributed by atoms with Crippen LogP contribution in [-0.4, -0.2) is 15.3 Å². The number of nitrogens with zero attached hydrogens (tertiary/aromatic N) is 1. The van der Waals surface area contributed by atoms with Gasteiger partial charge in [0.2, 0.25) is 0 Å². The van der Waals surface area contributed by atoms with Gasteiger partial charge in [0, 0.05) is 11.6 Å². The summed E-state index contributed by atoms with van der Waals surface area (Å²) in [5.74, 6) is 0.718. The van der Waals surface area contributed by atoms with Gasteiger partial charge in [-0.3, -0.25) is 5.10 Å². The molecule has 4 N–H and O–H groups in total. The van der Waals surface area contributed by atoms with Crippen molar-refractivity contribution in [2.45, 2.75) is 13.3 Å². The number of aromatic hydroxyl groups is 1. The molecule has 0 atom stereocenters. The van der Waals surface area contributed by atoms with Gasteiger partial charge in [-0.25, -0.2) is 0 Å². The van der Waals surface area contributed by atoms with Crippen LogP contribution < -0.4 is 5.73 Å². The number of hydrogen-bond donors (Lipinski definition) is 3. The minimum Gasteiger partial charge on any atom is -0.507 e. The number of anilines is 1. The van der Waals surface area contributed by atoms with Gasteiger partial charge in [-0.1, -0.05) is 19.1 Å². The fourth-order valence-corrected chi connectivity index (χ4v) is 1.57. The minimum absolute atomic E-state index is 0.295. The Hall–Kier alpha value is -1.97. The van der Waals surface area contributed by atoms with Gasteiger partial charge in [0.25, 0.3) is 0 Å². The Kier molecular flexibility index (Phi) is 2.33. The number of benzene rings is 1. The van der Waals surface area contributed by atoms with Crippen molar-refractivity contribution in [3.63, 3.8) is 0 Å². The molecule has 1 heterocycles. The highest BCUT2D eigenvalue weighted by atomic mass is 16.3. The number of nitrogen functional groups attached to an aromatic ring is 1. The summed E-state index contributed by atoms with van der Waals surface area (Å²) < 4.78 is 0. The molecule has 0 fully saturated rings. The maximum atomic E-state index is 9.96. The van der Waals surface area contributed by atoms with E-state index in [0.717, 1.165) is 23.2 Å². The highest BCUT2D eigenvalue weighted by Gasteiger charge is 2.09. The average Bonchev–Trinajstić information content (AvgIpc) is 2.65. The van der Waals surface area contributed by atoms with E-state index in [1.165, 1.54) is 0 Å². The van der Waals surface area contributed by atoms with E-state index in [-0.39, 0.29) is 0 Å². The maximum absolute atomic E-state index is 9.96. The SMILES string of the molecule is CCc1cccc(-c2cc(N)n[nH]2)c1O. The molecule has 2 rings (SSSR count). The predicted molar refractivity (Wildman–Crippen MR) is 59.5 cm³/mol. The monoisotopic (exact) mass is 203 g/mol. The molecular formula is C11H13N3O. The van der Waals surface area contributed by atoms with Gasteiger partial charge >= 0.3 is 0 Å². The van der Waals surface area contributed by atoms with Crippen LogP contribution in [0.3, 0.4) is 0 Å². The van der Waals surface area contributed by atoms with E-state index in [4.69, 9.17) is 5.73 Å². The molecule has 0 bridgehead atoms. The van der Waals surface area contributed by atoms with Crippen molar-refractivity contribution in [1.29, 1.82) is 0 Å². The first kappa shape index (κ1) is 9.58. The molecule has 4 heteroatoms. The second-order valence-corrected chi connectivity index (χ2v) is 3.37. The molecule has 2 aromatic rings. The van der Waals surface area contributed by atoms with Crippen molar-refractivity contribution < 1.29 is 5.11 Å². The molecule has 1 aromatic carbocycles. The molecule has 15 heavy (non-hydrogen) atoms. The normalized spacial score (nSPS) is 10.5. The largest absolute Gasteiger partial charge is 0.507 e. The number of phenolic OH excluding ortho intramolecular Hbond substituents is 1. The van der Waals surface area contributed by atoms with Crippen LogP contribution in [0.1, 0.15) is 12.5 Å². The van der Waals surface area contributed by atoms with Gasteiger partial charge in [0.05, 0.1) is 5.69 Å². The lowest BCUT2D eigenvalue weighted by molar-refractivity contribution is 0.470. The van der Waals surface area contributed by atoms with Crippen molar-refractivity contribution in [1.82, 2.24) is 10.2 Å². The van der Waals surface area contributed by atoms with Crippen molar-refractivity contribution in [3.8, 4) is 17.0 Å². The van der Waals surface area contributed by atoms with Crippen molar-refractivity contribution >= 4 is 5.82 Å². The third kappa shape index (κ3) is 1.66. The zero-order valence-corrected chi connectivity index (χ0v) is 8.49. The van der Waals surface area contributed by atoms with Crippen LogP contribution in [0.25, 0.3) is 11.3 Å². The molecule has 0 aliphatic heterocycles. The summed E-state index contributed by atoms with van der Waals surface area (Å²) >= 11 is 0. The standard InChI is InChI=1S/C11H13N3O/c1-2-7-4-3-5-8(11(7)15)9-6-10(12)14-13-9/h3-6,15H,2H2,1H3,(H3,12,13,14). The molecular weight excluding hydrogens is 190 g/mol. The van der Waals surface area contributed by atoms with Crippen LogP contribution in [0.4, 0.5) is 5.82 Å². The summed E-state index contributed by atoms with van der Waals surface area (Å²) in [5.41, 5.74) is 7.90. The fourth-order valence-electron chi connectivity index (χ4n) is 1.57. The summed E-state index contributed by atoms with van der Waals surface area (Å²) in [6.45, 7) is 2.00. The highest BCUT2D eigenvalue weighted by Crippen LogP contribution is 2.31. The smallest absolute Gasteiger partial charge is 0.145 e. The Morgan fingerprint density at radius 1 is 1.47 bits per heavy atom. The average molecular weight is 203 g/mol. The Labute approximate surface area is 87.7 Å². The van der Waals surface area contributed by atoms with Crippen LogP contribution in [0, 0.1) is 0 Å². The zero-order chi connectivity index (χ0) is 10.8. The molecule has 0 aliphatic rings. The van der Waals surface area contributed by atoms with E-state index >= 15 is 0 Å². The number of nitrogens with two attached hydrogens (primary N) is 1. The van der Waals surface area contributed by atoms with Gasteiger partial charge < -0.3 is 10.8 Å². The predicted octanol–water partition coefficient (Wildman–Crippen LogP) is 1.93. The number of aromatic nitrogens is 2. The topological polar surface area (TPSA) is 74.9 Å². The number of aryl methyl sites for hydroxylation is 1. The number of hydrogen-bond acceptors (Lipinski definition) is 3. The van der Waals surface area contributed by atoms with Crippen LogP contribution in [0.5, 0.6) is 5.75 Å². The molecule has 1 aromatic heterocycles. The second-order valence-electron chi connectivity index (χ2n) is 3.37. The van der Waals surface area contributed by atoms with Gasteiger partial charge in [0.1, 0.15) is 11.6 Å². The van der Waals surface area contributed by atoms with Crippen molar-refractivity contribution in [2.75, 3.05) is 5.73 Å². The molecule has 0 unspecified atom stereocenters. The van der Waals surface area contributed by atoms with Gasteiger partial charge in [-0.05, 0) is 18.1 Å². The molecule has 0 saturated heterocycles. The number of phenols is 1. The summed E-state index contributed by atoms with van der Waals surface area (Å²) in [4.78, 5) is 0. The number of rotatable bonds is 2. The van der Waals surface area contributed by atoms with Gasteiger partial charge in [-0.2, -0.15) is 5.10 Å². The lowest BCUT2D eigenvalue weighted by Crippen LogP contribution is -1.85. The lowest BCUT2D eigenvalue weighted by atomic mass is 10.0. The first-order chi connectivity index (χ1) is 7.22. The third-order valence-corrected chi connectivity index (χ3v) is 2.39. The quantitative estimate of drug-likeness (QED) is 0.698. The number of H-pyrrole nitrogens is 1. The van der Waals surface area contributed by atoms with Gasteiger partial charge in [0.15, 0.2) is 0 Å².